The molecule has 0 aliphatic carbocycles. The van der Waals surface area contributed by atoms with Crippen LogP contribution in [0.15, 0.2) is 48.5 Å². The van der Waals surface area contributed by atoms with E-state index in [2.05, 4.69) is 0 Å². The summed E-state index contributed by atoms with van der Waals surface area (Å²) in [4.78, 5) is 12.4. The van der Waals surface area contributed by atoms with Crippen molar-refractivity contribution in [1.29, 1.82) is 0 Å². The van der Waals surface area contributed by atoms with Gasteiger partial charge in [0.2, 0.25) is 0 Å². The zero-order valence-corrected chi connectivity index (χ0v) is 12.2. The minimum Gasteiger partial charge on any atom is -0.490 e. The van der Waals surface area contributed by atoms with E-state index in [0.29, 0.717) is 17.7 Å². The van der Waals surface area contributed by atoms with Crippen LogP contribution in [0.4, 0.5) is 0 Å². The Kier molecular flexibility index (Phi) is 4.57. The third-order valence-corrected chi connectivity index (χ3v) is 3.00. The lowest BCUT2D eigenvalue weighted by atomic mass is 10.0. The number of Topliss-reactive ketones (excluding diaryl/α,β-unsaturated/α-hetero) is 1. The number of aryl methyl sites for hydroxylation is 1. The summed E-state index contributed by atoms with van der Waals surface area (Å²) in [6.45, 7) is 5.95. The molecule has 0 atom stereocenters. The average Bonchev–Trinajstić information content (AvgIpc) is 2.38. The Morgan fingerprint density at radius 1 is 1.10 bits per heavy atom. The standard InChI is InChI=1S/C18H20O2/c1-13(2)20-18-10-5-4-9-16(18)17(19)12-15-8-6-7-14(3)11-15/h4-11,13H,12H2,1-3H3. The maximum absolute atomic E-state index is 12.4. The Hall–Kier alpha value is -2.09. The molecular weight excluding hydrogens is 248 g/mol. The molecule has 2 aromatic rings. The van der Waals surface area contributed by atoms with E-state index >= 15 is 0 Å². The van der Waals surface area contributed by atoms with Crippen molar-refractivity contribution in [2.24, 2.45) is 0 Å². The maximum atomic E-state index is 12.4. The van der Waals surface area contributed by atoms with Gasteiger partial charge in [0.15, 0.2) is 5.78 Å². The fraction of sp³-hybridized carbons (Fsp3) is 0.278. The molecule has 0 aromatic heterocycles. The molecule has 104 valence electrons. The van der Waals surface area contributed by atoms with Crippen LogP contribution in [0.25, 0.3) is 0 Å². The molecule has 0 aliphatic heterocycles. The van der Waals surface area contributed by atoms with E-state index in [1.807, 2.05) is 69.3 Å². The minimum atomic E-state index is 0.0583. The van der Waals surface area contributed by atoms with E-state index in [1.165, 1.54) is 5.56 Å². The highest BCUT2D eigenvalue weighted by Gasteiger charge is 2.13. The third-order valence-electron chi connectivity index (χ3n) is 3.00. The largest absolute Gasteiger partial charge is 0.490 e. The first kappa shape index (κ1) is 14.3. The molecule has 0 saturated heterocycles. The molecule has 0 unspecified atom stereocenters. The second-order valence-electron chi connectivity index (χ2n) is 5.25. The van der Waals surface area contributed by atoms with E-state index in [-0.39, 0.29) is 11.9 Å². The lowest BCUT2D eigenvalue weighted by Crippen LogP contribution is -2.11. The summed E-state index contributed by atoms with van der Waals surface area (Å²) in [5.74, 6) is 0.756. The zero-order valence-electron chi connectivity index (χ0n) is 12.2. The molecular formula is C18H20O2. The van der Waals surface area contributed by atoms with Gasteiger partial charge in [-0.2, -0.15) is 0 Å². The highest BCUT2D eigenvalue weighted by atomic mass is 16.5. The van der Waals surface area contributed by atoms with Crippen molar-refractivity contribution in [2.75, 3.05) is 0 Å². The predicted molar refractivity (Wildman–Crippen MR) is 81.4 cm³/mol. The number of ketones is 1. The third kappa shape index (κ3) is 3.70. The summed E-state index contributed by atoms with van der Waals surface area (Å²) in [7, 11) is 0. The van der Waals surface area contributed by atoms with Crippen molar-refractivity contribution in [2.45, 2.75) is 33.3 Å². The SMILES string of the molecule is Cc1cccc(CC(=O)c2ccccc2OC(C)C)c1. The van der Waals surface area contributed by atoms with Gasteiger partial charge in [-0.1, -0.05) is 42.0 Å². The molecule has 2 nitrogen and oxygen atoms in total. The Morgan fingerprint density at radius 2 is 1.85 bits per heavy atom. The summed E-state index contributed by atoms with van der Waals surface area (Å²) in [6, 6.07) is 15.5. The van der Waals surface area contributed by atoms with Crippen molar-refractivity contribution in [1.82, 2.24) is 0 Å². The number of rotatable bonds is 5. The van der Waals surface area contributed by atoms with Crippen LogP contribution in [0, 0.1) is 6.92 Å². The smallest absolute Gasteiger partial charge is 0.170 e. The summed E-state index contributed by atoms with van der Waals surface area (Å²) in [5.41, 5.74) is 2.86. The monoisotopic (exact) mass is 268 g/mol. The minimum absolute atomic E-state index is 0.0583. The molecule has 2 aromatic carbocycles. The fourth-order valence-corrected chi connectivity index (χ4v) is 2.16. The Balaban J connectivity index is 2.21. The van der Waals surface area contributed by atoms with Crippen molar-refractivity contribution >= 4 is 5.78 Å². The van der Waals surface area contributed by atoms with Gasteiger partial charge in [0, 0.05) is 6.42 Å². The quantitative estimate of drug-likeness (QED) is 0.759. The van der Waals surface area contributed by atoms with E-state index in [0.717, 1.165) is 5.56 Å². The van der Waals surface area contributed by atoms with E-state index in [9.17, 15) is 4.79 Å². The zero-order chi connectivity index (χ0) is 14.5. The molecule has 0 N–H and O–H groups in total. The van der Waals surface area contributed by atoms with Gasteiger partial charge in [-0.3, -0.25) is 4.79 Å². The van der Waals surface area contributed by atoms with Gasteiger partial charge < -0.3 is 4.74 Å². The molecule has 0 fully saturated rings. The van der Waals surface area contributed by atoms with Gasteiger partial charge in [0.1, 0.15) is 5.75 Å². The number of ether oxygens (including phenoxy) is 1. The number of hydrogen-bond donors (Lipinski definition) is 0. The second kappa shape index (κ2) is 6.38. The van der Waals surface area contributed by atoms with Gasteiger partial charge in [-0.25, -0.2) is 0 Å². The molecule has 20 heavy (non-hydrogen) atoms. The van der Waals surface area contributed by atoms with Crippen LogP contribution < -0.4 is 4.74 Å². The highest BCUT2D eigenvalue weighted by Crippen LogP contribution is 2.21. The number of hydrogen-bond acceptors (Lipinski definition) is 2. The fourth-order valence-electron chi connectivity index (χ4n) is 2.16. The molecule has 2 rings (SSSR count). The van der Waals surface area contributed by atoms with Gasteiger partial charge in [-0.05, 0) is 38.5 Å². The first-order chi connectivity index (χ1) is 9.56. The summed E-state index contributed by atoms with van der Waals surface area (Å²) >= 11 is 0. The predicted octanol–water partition coefficient (Wildman–Crippen LogP) is 4.21. The van der Waals surface area contributed by atoms with Crippen LogP contribution in [-0.4, -0.2) is 11.9 Å². The molecule has 0 bridgehead atoms. The molecule has 0 spiro atoms. The van der Waals surface area contributed by atoms with Crippen LogP contribution in [0.1, 0.15) is 35.3 Å². The van der Waals surface area contributed by atoms with Gasteiger partial charge >= 0.3 is 0 Å². The van der Waals surface area contributed by atoms with Crippen molar-refractivity contribution in [3.8, 4) is 5.75 Å². The molecule has 0 aliphatic rings. The van der Waals surface area contributed by atoms with Crippen molar-refractivity contribution in [3.05, 3.63) is 65.2 Å². The van der Waals surface area contributed by atoms with E-state index in [4.69, 9.17) is 4.74 Å². The Morgan fingerprint density at radius 3 is 2.55 bits per heavy atom. The highest BCUT2D eigenvalue weighted by molar-refractivity contribution is 5.99. The van der Waals surface area contributed by atoms with Crippen LogP contribution in [-0.2, 0) is 6.42 Å². The van der Waals surface area contributed by atoms with E-state index < -0.39 is 0 Å². The number of para-hydroxylation sites is 1. The molecule has 0 saturated carbocycles. The van der Waals surface area contributed by atoms with Gasteiger partial charge in [-0.15, -0.1) is 0 Å². The van der Waals surface area contributed by atoms with E-state index in [1.54, 1.807) is 0 Å². The second-order valence-corrected chi connectivity index (χ2v) is 5.25. The lowest BCUT2D eigenvalue weighted by Gasteiger charge is -2.13. The Labute approximate surface area is 120 Å². The summed E-state index contributed by atoms with van der Waals surface area (Å²) in [5, 5.41) is 0. The van der Waals surface area contributed by atoms with Gasteiger partial charge in [0.25, 0.3) is 0 Å². The topological polar surface area (TPSA) is 26.3 Å². The number of carbonyl (C=O) groups excluding carboxylic acids is 1. The normalized spacial score (nSPS) is 10.6. The summed E-state index contributed by atoms with van der Waals surface area (Å²) < 4.78 is 5.71. The summed E-state index contributed by atoms with van der Waals surface area (Å²) in [6.07, 6.45) is 0.461. The Bertz CT molecular complexity index is 600. The van der Waals surface area contributed by atoms with Crippen LogP contribution in [0.2, 0.25) is 0 Å². The first-order valence-electron chi connectivity index (χ1n) is 6.90. The molecule has 0 heterocycles. The molecule has 0 radical (unpaired) electrons. The first-order valence-corrected chi connectivity index (χ1v) is 6.90. The van der Waals surface area contributed by atoms with Crippen molar-refractivity contribution < 1.29 is 9.53 Å². The van der Waals surface area contributed by atoms with Crippen LogP contribution in [0.3, 0.4) is 0 Å². The maximum Gasteiger partial charge on any atom is 0.170 e. The number of benzene rings is 2. The molecule has 2 heteroatoms. The van der Waals surface area contributed by atoms with Crippen LogP contribution in [0.5, 0.6) is 5.75 Å². The number of carbonyl (C=O) groups is 1. The lowest BCUT2D eigenvalue weighted by molar-refractivity contribution is 0.0987. The van der Waals surface area contributed by atoms with Crippen molar-refractivity contribution in [3.63, 3.8) is 0 Å². The van der Waals surface area contributed by atoms with Crippen LogP contribution >= 0.6 is 0 Å². The van der Waals surface area contributed by atoms with Gasteiger partial charge in [0.05, 0.1) is 11.7 Å². The average molecular weight is 268 g/mol. The molecule has 0 amide bonds.